The Labute approximate surface area is 135 Å². The van der Waals surface area contributed by atoms with Crippen molar-refractivity contribution in [2.24, 2.45) is 0 Å². The Kier molecular flexibility index (Phi) is 3.13. The van der Waals surface area contributed by atoms with E-state index in [0.29, 0.717) is 18.6 Å². The highest BCUT2D eigenvalue weighted by Gasteiger charge is 2.66. The van der Waals surface area contributed by atoms with Gasteiger partial charge in [-0.1, -0.05) is 36.8 Å². The van der Waals surface area contributed by atoms with Crippen LogP contribution in [0.3, 0.4) is 0 Å². The molecule has 1 N–H and O–H groups in total. The highest BCUT2D eigenvalue weighted by molar-refractivity contribution is 5.97. The Hall–Kier alpha value is -2.07. The molecule has 0 amide bonds. The lowest BCUT2D eigenvalue weighted by atomic mass is 9.65. The zero-order chi connectivity index (χ0) is 16.1. The zero-order valence-electron chi connectivity index (χ0n) is 13.2. The van der Waals surface area contributed by atoms with Gasteiger partial charge in [0.2, 0.25) is 5.79 Å². The number of carbonyl (C=O) groups is 1. The topological polar surface area (TPSA) is 55.8 Å². The highest BCUT2D eigenvalue weighted by Crippen LogP contribution is 2.57. The molecule has 2 aromatic rings. The molecule has 1 aliphatic carbocycles. The number of esters is 1. The van der Waals surface area contributed by atoms with Crippen LogP contribution in [-0.2, 0) is 14.9 Å². The third kappa shape index (κ3) is 1.78. The molecule has 2 aromatic carbocycles. The summed E-state index contributed by atoms with van der Waals surface area (Å²) in [7, 11) is 0. The summed E-state index contributed by atoms with van der Waals surface area (Å²) < 4.78 is 11.3. The van der Waals surface area contributed by atoms with E-state index in [0.717, 1.165) is 29.2 Å². The second-order valence-electron chi connectivity index (χ2n) is 6.38. The molecule has 1 saturated carbocycles. The van der Waals surface area contributed by atoms with Crippen LogP contribution in [0.2, 0.25) is 0 Å². The van der Waals surface area contributed by atoms with Crippen LogP contribution < -0.4 is 4.74 Å². The molecule has 4 heteroatoms. The molecule has 0 aromatic heterocycles. The Balaban J connectivity index is 2.04. The molecule has 0 bridgehead atoms. The third-order valence-electron chi connectivity index (χ3n) is 5.20. The number of rotatable bonds is 2. The predicted molar refractivity (Wildman–Crippen MR) is 86.3 cm³/mol. The van der Waals surface area contributed by atoms with Gasteiger partial charge in [0.25, 0.3) is 0 Å². The lowest BCUT2D eigenvalue weighted by Crippen LogP contribution is -2.58. The van der Waals surface area contributed by atoms with Crippen LogP contribution >= 0.6 is 0 Å². The molecule has 0 spiro atoms. The van der Waals surface area contributed by atoms with Gasteiger partial charge in [0.1, 0.15) is 5.75 Å². The Morgan fingerprint density at radius 1 is 1.22 bits per heavy atom. The van der Waals surface area contributed by atoms with Gasteiger partial charge < -0.3 is 14.6 Å². The summed E-state index contributed by atoms with van der Waals surface area (Å²) in [6, 6.07) is 11.7. The van der Waals surface area contributed by atoms with Crippen LogP contribution in [0.25, 0.3) is 10.8 Å². The minimum absolute atomic E-state index is 0.288. The van der Waals surface area contributed by atoms with Gasteiger partial charge in [0.05, 0.1) is 6.61 Å². The maximum Gasteiger partial charge on any atom is 0.323 e. The molecule has 120 valence electrons. The van der Waals surface area contributed by atoms with Crippen molar-refractivity contribution in [2.75, 3.05) is 6.61 Å². The summed E-state index contributed by atoms with van der Waals surface area (Å²) in [6.07, 6.45) is 2.69. The van der Waals surface area contributed by atoms with Crippen molar-refractivity contribution in [3.8, 4) is 5.75 Å². The summed E-state index contributed by atoms with van der Waals surface area (Å²) in [5.74, 6) is -1.29. The molecule has 1 heterocycles. The lowest BCUT2D eigenvalue weighted by Gasteiger charge is -2.42. The second-order valence-corrected chi connectivity index (χ2v) is 6.38. The van der Waals surface area contributed by atoms with Crippen LogP contribution in [0.1, 0.15) is 38.2 Å². The first kappa shape index (κ1) is 14.5. The average molecular weight is 312 g/mol. The van der Waals surface area contributed by atoms with E-state index in [-0.39, 0.29) is 12.6 Å². The molecule has 2 atom stereocenters. The van der Waals surface area contributed by atoms with Crippen molar-refractivity contribution in [1.29, 1.82) is 0 Å². The fraction of sp³-hybridized carbons (Fsp3) is 0.421. The van der Waals surface area contributed by atoms with Crippen LogP contribution in [0.15, 0.2) is 36.4 Å². The molecule has 4 nitrogen and oxygen atoms in total. The van der Waals surface area contributed by atoms with Crippen molar-refractivity contribution < 1.29 is 19.4 Å². The van der Waals surface area contributed by atoms with E-state index in [9.17, 15) is 9.90 Å². The van der Waals surface area contributed by atoms with Crippen LogP contribution in [0, 0.1) is 0 Å². The Morgan fingerprint density at radius 2 is 2.00 bits per heavy atom. The maximum absolute atomic E-state index is 13.0. The molecule has 23 heavy (non-hydrogen) atoms. The summed E-state index contributed by atoms with van der Waals surface area (Å²) in [4.78, 5) is 13.0. The summed E-state index contributed by atoms with van der Waals surface area (Å²) >= 11 is 0. The molecular weight excluding hydrogens is 292 g/mol. The Morgan fingerprint density at radius 3 is 2.83 bits per heavy atom. The monoisotopic (exact) mass is 312 g/mol. The standard InChI is InChI=1S/C19H20O4/c1-2-22-17(20)18-11-5-6-12-19(18,21)23-15-10-9-13-7-3-4-8-14(13)16(15)18/h3-4,7-10,21H,2,5-6,11-12H2,1H3/t18-,19-/m1/s1. The van der Waals surface area contributed by atoms with Crippen molar-refractivity contribution in [2.45, 2.75) is 43.8 Å². The van der Waals surface area contributed by atoms with Crippen LogP contribution in [0.5, 0.6) is 5.75 Å². The molecular formula is C19H20O4. The number of ether oxygens (including phenoxy) is 2. The van der Waals surface area contributed by atoms with Gasteiger partial charge in [-0.2, -0.15) is 0 Å². The number of aliphatic hydroxyl groups is 1. The van der Waals surface area contributed by atoms with E-state index in [2.05, 4.69) is 0 Å². The van der Waals surface area contributed by atoms with E-state index < -0.39 is 11.2 Å². The van der Waals surface area contributed by atoms with Crippen LogP contribution in [0.4, 0.5) is 0 Å². The summed E-state index contributed by atoms with van der Waals surface area (Å²) in [5.41, 5.74) is -0.339. The average Bonchev–Trinajstić information content (AvgIpc) is 2.84. The molecule has 4 rings (SSSR count). The maximum atomic E-state index is 13.0. The molecule has 0 radical (unpaired) electrons. The van der Waals surface area contributed by atoms with E-state index in [1.165, 1.54) is 0 Å². The number of hydrogen-bond acceptors (Lipinski definition) is 4. The van der Waals surface area contributed by atoms with Crippen LogP contribution in [-0.4, -0.2) is 23.5 Å². The lowest BCUT2D eigenvalue weighted by molar-refractivity contribution is -0.209. The first-order valence-electron chi connectivity index (χ1n) is 8.23. The van der Waals surface area contributed by atoms with Crippen molar-refractivity contribution in [3.63, 3.8) is 0 Å². The number of benzene rings is 2. The summed E-state index contributed by atoms with van der Waals surface area (Å²) in [6.45, 7) is 2.08. The molecule has 1 aliphatic heterocycles. The third-order valence-corrected chi connectivity index (χ3v) is 5.20. The first-order valence-corrected chi connectivity index (χ1v) is 8.23. The van der Waals surface area contributed by atoms with E-state index >= 15 is 0 Å². The fourth-order valence-electron chi connectivity index (χ4n) is 4.20. The fourth-order valence-corrected chi connectivity index (χ4v) is 4.20. The van der Waals surface area contributed by atoms with Gasteiger partial charge >= 0.3 is 5.97 Å². The minimum atomic E-state index is -1.51. The second kappa shape index (κ2) is 4.96. The smallest absolute Gasteiger partial charge is 0.323 e. The minimum Gasteiger partial charge on any atom is -0.465 e. The van der Waals surface area contributed by atoms with Gasteiger partial charge in [0.15, 0.2) is 5.41 Å². The van der Waals surface area contributed by atoms with E-state index in [1.807, 2.05) is 36.4 Å². The van der Waals surface area contributed by atoms with E-state index in [4.69, 9.17) is 9.47 Å². The van der Waals surface area contributed by atoms with Gasteiger partial charge in [-0.15, -0.1) is 0 Å². The zero-order valence-corrected chi connectivity index (χ0v) is 13.2. The molecule has 0 saturated heterocycles. The van der Waals surface area contributed by atoms with E-state index in [1.54, 1.807) is 6.92 Å². The van der Waals surface area contributed by atoms with Gasteiger partial charge in [-0.3, -0.25) is 4.79 Å². The largest absolute Gasteiger partial charge is 0.465 e. The van der Waals surface area contributed by atoms with Gasteiger partial charge in [0, 0.05) is 12.0 Å². The summed E-state index contributed by atoms with van der Waals surface area (Å²) in [5, 5.41) is 13.2. The number of fused-ring (bicyclic) bond motifs is 5. The molecule has 2 aliphatic rings. The first-order chi connectivity index (χ1) is 11.1. The van der Waals surface area contributed by atoms with Crippen molar-refractivity contribution >= 4 is 16.7 Å². The number of hydrogen-bond donors (Lipinski definition) is 1. The molecule has 1 fully saturated rings. The van der Waals surface area contributed by atoms with Gasteiger partial charge in [-0.05, 0) is 36.6 Å². The SMILES string of the molecule is CCOC(=O)[C@]12CCCC[C@@]1(O)Oc1ccc3ccccc3c12. The highest BCUT2D eigenvalue weighted by atomic mass is 16.6. The number of carbonyl (C=O) groups excluding carboxylic acids is 1. The van der Waals surface area contributed by atoms with Gasteiger partial charge in [-0.25, -0.2) is 0 Å². The van der Waals surface area contributed by atoms with Crippen molar-refractivity contribution in [1.82, 2.24) is 0 Å². The molecule has 0 unspecified atom stereocenters. The quantitative estimate of drug-likeness (QED) is 0.865. The normalized spacial score (nSPS) is 28.8. The predicted octanol–water partition coefficient (Wildman–Crippen LogP) is 3.30. The Bertz CT molecular complexity index is 784. The van der Waals surface area contributed by atoms with Crippen molar-refractivity contribution in [3.05, 3.63) is 42.0 Å².